The predicted molar refractivity (Wildman–Crippen MR) is 54.7 cm³/mol. The second-order valence-electron chi connectivity index (χ2n) is 3.58. The van der Waals surface area contributed by atoms with Crippen LogP contribution in [0, 0.1) is 0 Å². The van der Waals surface area contributed by atoms with Gasteiger partial charge in [0.1, 0.15) is 5.75 Å². The SMILES string of the molecule is COc1cc2c(cc1C(F)(F)CCO)OCO2. The molecule has 1 aromatic carbocycles. The van der Waals surface area contributed by atoms with E-state index in [2.05, 4.69) is 0 Å². The molecule has 0 radical (unpaired) electrons. The van der Waals surface area contributed by atoms with E-state index in [0.29, 0.717) is 5.75 Å². The quantitative estimate of drug-likeness (QED) is 0.881. The Balaban J connectivity index is 2.45. The lowest BCUT2D eigenvalue weighted by Crippen LogP contribution is -2.16. The number of ether oxygens (including phenoxy) is 3. The second-order valence-corrected chi connectivity index (χ2v) is 3.58. The minimum absolute atomic E-state index is 0.00745. The van der Waals surface area contributed by atoms with Gasteiger partial charge < -0.3 is 19.3 Å². The maximum absolute atomic E-state index is 13.7. The first kappa shape index (κ1) is 11.9. The van der Waals surface area contributed by atoms with Crippen molar-refractivity contribution in [3.63, 3.8) is 0 Å². The third kappa shape index (κ3) is 2.12. The van der Waals surface area contributed by atoms with Gasteiger partial charge in [0, 0.05) is 19.1 Å². The van der Waals surface area contributed by atoms with Gasteiger partial charge in [0.25, 0.3) is 5.92 Å². The van der Waals surface area contributed by atoms with Crippen LogP contribution >= 0.6 is 0 Å². The van der Waals surface area contributed by atoms with Gasteiger partial charge in [0.15, 0.2) is 11.5 Å². The van der Waals surface area contributed by atoms with Crippen LogP contribution in [0.25, 0.3) is 0 Å². The van der Waals surface area contributed by atoms with E-state index in [0.717, 1.165) is 0 Å². The maximum Gasteiger partial charge on any atom is 0.279 e. The van der Waals surface area contributed by atoms with Crippen molar-refractivity contribution < 1.29 is 28.1 Å². The summed E-state index contributed by atoms with van der Waals surface area (Å²) in [5, 5.41) is 8.64. The Labute approximate surface area is 96.7 Å². The molecule has 1 N–H and O–H groups in total. The van der Waals surface area contributed by atoms with Crippen molar-refractivity contribution in [1.82, 2.24) is 0 Å². The van der Waals surface area contributed by atoms with E-state index in [-0.39, 0.29) is 23.9 Å². The number of aliphatic hydroxyl groups excluding tert-OH is 1. The van der Waals surface area contributed by atoms with Gasteiger partial charge in [0.2, 0.25) is 6.79 Å². The minimum Gasteiger partial charge on any atom is -0.496 e. The number of hydrogen-bond acceptors (Lipinski definition) is 4. The molecule has 6 heteroatoms. The summed E-state index contributed by atoms with van der Waals surface area (Å²) >= 11 is 0. The molecule has 0 unspecified atom stereocenters. The van der Waals surface area contributed by atoms with Crippen LogP contribution in [0.2, 0.25) is 0 Å². The lowest BCUT2D eigenvalue weighted by molar-refractivity contribution is -0.0289. The molecule has 0 saturated carbocycles. The molecular weight excluding hydrogens is 234 g/mol. The largest absolute Gasteiger partial charge is 0.496 e. The number of rotatable bonds is 4. The zero-order valence-electron chi connectivity index (χ0n) is 9.20. The standard InChI is InChI=1S/C11H12F2O4/c1-15-8-5-10-9(16-6-17-10)4-7(8)11(12,13)2-3-14/h4-5,14H,2-3,6H2,1H3. The van der Waals surface area contributed by atoms with Gasteiger partial charge in [-0.3, -0.25) is 0 Å². The molecule has 0 spiro atoms. The first-order valence-electron chi connectivity index (χ1n) is 5.05. The lowest BCUT2D eigenvalue weighted by Gasteiger charge is -2.18. The number of fused-ring (bicyclic) bond motifs is 1. The summed E-state index contributed by atoms with van der Waals surface area (Å²) in [4.78, 5) is 0. The fourth-order valence-corrected chi connectivity index (χ4v) is 1.65. The minimum atomic E-state index is -3.17. The van der Waals surface area contributed by atoms with Gasteiger partial charge in [0.05, 0.1) is 12.7 Å². The summed E-state index contributed by atoms with van der Waals surface area (Å²) in [6.45, 7) is -0.599. The average molecular weight is 246 g/mol. The normalized spacial score (nSPS) is 13.9. The Kier molecular flexibility index (Phi) is 3.06. The lowest BCUT2D eigenvalue weighted by atomic mass is 10.0. The average Bonchev–Trinajstić information content (AvgIpc) is 2.74. The number of methoxy groups -OCH3 is 1. The van der Waals surface area contributed by atoms with Crippen molar-refractivity contribution in [1.29, 1.82) is 0 Å². The first-order chi connectivity index (χ1) is 8.08. The highest BCUT2D eigenvalue weighted by molar-refractivity contribution is 5.53. The Hall–Kier alpha value is -1.56. The van der Waals surface area contributed by atoms with Crippen LogP contribution in [-0.4, -0.2) is 25.6 Å². The van der Waals surface area contributed by atoms with Crippen LogP contribution in [0.4, 0.5) is 8.78 Å². The number of alkyl halides is 2. The van der Waals surface area contributed by atoms with Crippen molar-refractivity contribution in [3.8, 4) is 17.2 Å². The fourth-order valence-electron chi connectivity index (χ4n) is 1.65. The van der Waals surface area contributed by atoms with E-state index in [1.54, 1.807) is 0 Å². The van der Waals surface area contributed by atoms with Crippen LogP contribution in [0.1, 0.15) is 12.0 Å². The van der Waals surface area contributed by atoms with E-state index in [1.807, 2.05) is 0 Å². The molecule has 0 atom stereocenters. The number of aliphatic hydroxyl groups is 1. The van der Waals surface area contributed by atoms with Crippen LogP contribution in [-0.2, 0) is 5.92 Å². The molecule has 0 fully saturated rings. The van der Waals surface area contributed by atoms with E-state index in [1.165, 1.54) is 19.2 Å². The van der Waals surface area contributed by atoms with Gasteiger partial charge in [-0.15, -0.1) is 0 Å². The van der Waals surface area contributed by atoms with Gasteiger partial charge in [-0.05, 0) is 6.07 Å². The molecule has 1 aliphatic rings. The summed E-state index contributed by atoms with van der Waals surface area (Å²) in [6, 6.07) is 2.56. The van der Waals surface area contributed by atoms with Crippen LogP contribution in [0.3, 0.4) is 0 Å². The van der Waals surface area contributed by atoms with E-state index in [4.69, 9.17) is 19.3 Å². The van der Waals surface area contributed by atoms with Crippen molar-refractivity contribution >= 4 is 0 Å². The van der Waals surface area contributed by atoms with Crippen molar-refractivity contribution in [2.45, 2.75) is 12.3 Å². The van der Waals surface area contributed by atoms with Crippen molar-refractivity contribution in [2.24, 2.45) is 0 Å². The Morgan fingerprint density at radius 1 is 1.35 bits per heavy atom. The molecule has 1 heterocycles. The van der Waals surface area contributed by atoms with Gasteiger partial charge >= 0.3 is 0 Å². The van der Waals surface area contributed by atoms with Crippen molar-refractivity contribution in [3.05, 3.63) is 17.7 Å². The zero-order valence-corrected chi connectivity index (χ0v) is 9.20. The summed E-state index contributed by atoms with van der Waals surface area (Å²) in [6.07, 6.45) is -0.664. The van der Waals surface area contributed by atoms with Crippen LogP contribution < -0.4 is 14.2 Å². The van der Waals surface area contributed by atoms with E-state index >= 15 is 0 Å². The van der Waals surface area contributed by atoms with E-state index < -0.39 is 19.0 Å². The number of hydrogen-bond donors (Lipinski definition) is 1. The highest BCUT2D eigenvalue weighted by Gasteiger charge is 2.36. The summed E-state index contributed by atoms with van der Waals surface area (Å²) in [5.41, 5.74) is -0.307. The zero-order chi connectivity index (χ0) is 12.5. The van der Waals surface area contributed by atoms with Crippen LogP contribution in [0.15, 0.2) is 12.1 Å². The topological polar surface area (TPSA) is 47.9 Å². The van der Waals surface area contributed by atoms with Gasteiger partial charge in [-0.1, -0.05) is 0 Å². The first-order valence-corrected chi connectivity index (χ1v) is 5.05. The fraction of sp³-hybridized carbons (Fsp3) is 0.455. The number of benzene rings is 1. The van der Waals surface area contributed by atoms with Gasteiger partial charge in [-0.25, -0.2) is 8.78 Å². The van der Waals surface area contributed by atoms with Gasteiger partial charge in [-0.2, -0.15) is 0 Å². The second kappa shape index (κ2) is 4.37. The van der Waals surface area contributed by atoms with Crippen LogP contribution in [0.5, 0.6) is 17.2 Å². The molecule has 4 nitrogen and oxygen atoms in total. The Morgan fingerprint density at radius 3 is 2.59 bits per heavy atom. The monoisotopic (exact) mass is 246 g/mol. The third-order valence-corrected chi connectivity index (χ3v) is 2.51. The molecule has 0 amide bonds. The number of halogens is 2. The molecule has 0 bridgehead atoms. The molecule has 0 saturated heterocycles. The molecular formula is C11H12F2O4. The Morgan fingerprint density at radius 2 is 2.00 bits per heavy atom. The molecule has 1 aromatic rings. The Bertz CT molecular complexity index is 420. The molecule has 0 aliphatic carbocycles. The highest BCUT2D eigenvalue weighted by atomic mass is 19.3. The summed E-state index contributed by atoms with van der Waals surface area (Å²) < 4.78 is 42.5. The third-order valence-electron chi connectivity index (χ3n) is 2.51. The summed E-state index contributed by atoms with van der Waals surface area (Å²) in [5.74, 6) is -2.50. The molecule has 1 aliphatic heterocycles. The molecule has 17 heavy (non-hydrogen) atoms. The smallest absolute Gasteiger partial charge is 0.279 e. The van der Waals surface area contributed by atoms with Crippen molar-refractivity contribution in [2.75, 3.05) is 20.5 Å². The maximum atomic E-state index is 13.7. The molecule has 2 rings (SSSR count). The highest BCUT2D eigenvalue weighted by Crippen LogP contribution is 2.45. The summed E-state index contributed by atoms with van der Waals surface area (Å²) in [7, 11) is 1.30. The molecule has 0 aromatic heterocycles. The van der Waals surface area contributed by atoms with E-state index in [9.17, 15) is 8.78 Å². The predicted octanol–water partition coefficient (Wildman–Crippen LogP) is 1.90. The molecule has 94 valence electrons.